The lowest BCUT2D eigenvalue weighted by atomic mass is 10.1. The van der Waals surface area contributed by atoms with Gasteiger partial charge in [-0.2, -0.15) is 0 Å². The van der Waals surface area contributed by atoms with Gasteiger partial charge in [-0.05, 0) is 50.6 Å². The smallest absolute Gasteiger partial charge is 0.263 e. The van der Waals surface area contributed by atoms with Crippen molar-refractivity contribution < 1.29 is 14.3 Å². The maximum absolute atomic E-state index is 12.8. The average Bonchev–Trinajstić information content (AvgIpc) is 2.62. The van der Waals surface area contributed by atoms with Crippen molar-refractivity contribution in [3.8, 4) is 11.5 Å². The molecule has 2 atom stereocenters. The van der Waals surface area contributed by atoms with Crippen molar-refractivity contribution in [3.05, 3.63) is 58.6 Å². The van der Waals surface area contributed by atoms with Crippen LogP contribution in [0.4, 0.5) is 0 Å². The Balaban J connectivity index is 2.12. The lowest BCUT2D eigenvalue weighted by Gasteiger charge is -2.29. The third-order valence-corrected chi connectivity index (χ3v) is 4.54. The van der Waals surface area contributed by atoms with E-state index in [1.54, 1.807) is 38.1 Å². The van der Waals surface area contributed by atoms with Crippen LogP contribution < -0.4 is 9.47 Å². The van der Waals surface area contributed by atoms with Crippen LogP contribution in [0.5, 0.6) is 11.5 Å². The monoisotopic (exact) mass is 361 g/mol. The summed E-state index contributed by atoms with van der Waals surface area (Å²) in [7, 11) is 3.40. The van der Waals surface area contributed by atoms with E-state index in [-0.39, 0.29) is 11.9 Å². The number of amides is 1. The Hall–Kier alpha value is -2.20. The van der Waals surface area contributed by atoms with Gasteiger partial charge in [0.1, 0.15) is 11.5 Å². The highest BCUT2D eigenvalue weighted by Gasteiger charge is 2.25. The van der Waals surface area contributed by atoms with Gasteiger partial charge in [0.2, 0.25) is 0 Å². The predicted molar refractivity (Wildman–Crippen MR) is 100 cm³/mol. The Morgan fingerprint density at radius 3 is 2.44 bits per heavy atom. The molecule has 0 aliphatic carbocycles. The summed E-state index contributed by atoms with van der Waals surface area (Å²) in [6.07, 6.45) is -0.609. The summed E-state index contributed by atoms with van der Waals surface area (Å²) in [6.45, 7) is 5.62. The summed E-state index contributed by atoms with van der Waals surface area (Å²) < 4.78 is 11.2. The lowest BCUT2D eigenvalue weighted by molar-refractivity contribution is -0.138. The van der Waals surface area contributed by atoms with Gasteiger partial charge in [-0.15, -0.1) is 0 Å². The van der Waals surface area contributed by atoms with Gasteiger partial charge in [0.25, 0.3) is 5.91 Å². The summed E-state index contributed by atoms with van der Waals surface area (Å²) >= 11 is 5.96. The molecule has 0 unspecified atom stereocenters. The van der Waals surface area contributed by atoms with Crippen LogP contribution in [0.3, 0.4) is 0 Å². The third kappa shape index (κ3) is 4.45. The Bertz CT molecular complexity index is 747. The topological polar surface area (TPSA) is 38.8 Å². The average molecular weight is 362 g/mol. The second-order valence-corrected chi connectivity index (χ2v) is 6.47. The zero-order valence-corrected chi connectivity index (χ0v) is 16.0. The normalized spacial score (nSPS) is 13.0. The second-order valence-electron chi connectivity index (χ2n) is 6.04. The molecule has 2 aromatic carbocycles. The van der Waals surface area contributed by atoms with Gasteiger partial charge in [-0.25, -0.2) is 0 Å². The molecule has 1 amide bonds. The van der Waals surface area contributed by atoms with E-state index in [4.69, 9.17) is 21.1 Å². The van der Waals surface area contributed by atoms with Crippen molar-refractivity contribution in [2.24, 2.45) is 0 Å². The fourth-order valence-electron chi connectivity index (χ4n) is 2.68. The van der Waals surface area contributed by atoms with Crippen molar-refractivity contribution in [1.29, 1.82) is 0 Å². The van der Waals surface area contributed by atoms with E-state index in [0.717, 1.165) is 16.9 Å². The number of benzene rings is 2. The van der Waals surface area contributed by atoms with E-state index in [9.17, 15) is 4.79 Å². The molecule has 0 fully saturated rings. The Kier molecular flexibility index (Phi) is 6.32. The minimum atomic E-state index is -0.609. The first-order chi connectivity index (χ1) is 11.8. The number of hydrogen-bond donors (Lipinski definition) is 0. The number of nitrogens with zero attached hydrogens (tertiary/aromatic N) is 1. The van der Waals surface area contributed by atoms with Crippen molar-refractivity contribution in [2.75, 3.05) is 14.2 Å². The van der Waals surface area contributed by atoms with Gasteiger partial charge >= 0.3 is 0 Å². The number of carbonyl (C=O) groups is 1. The maximum atomic E-state index is 12.8. The summed E-state index contributed by atoms with van der Waals surface area (Å²) in [4.78, 5) is 14.4. The van der Waals surface area contributed by atoms with Crippen molar-refractivity contribution in [3.63, 3.8) is 0 Å². The number of aryl methyl sites for hydroxylation is 1. The zero-order chi connectivity index (χ0) is 18.6. The van der Waals surface area contributed by atoms with Crippen LogP contribution >= 0.6 is 11.6 Å². The highest BCUT2D eigenvalue weighted by atomic mass is 35.5. The van der Waals surface area contributed by atoms with E-state index in [1.165, 1.54) is 0 Å². The number of hydrogen-bond acceptors (Lipinski definition) is 3. The van der Waals surface area contributed by atoms with Crippen molar-refractivity contribution >= 4 is 17.5 Å². The van der Waals surface area contributed by atoms with Gasteiger partial charge in [-0.3, -0.25) is 4.79 Å². The van der Waals surface area contributed by atoms with E-state index in [1.807, 2.05) is 44.2 Å². The molecule has 134 valence electrons. The van der Waals surface area contributed by atoms with Gasteiger partial charge < -0.3 is 14.4 Å². The lowest BCUT2D eigenvalue weighted by Crippen LogP contribution is -2.39. The van der Waals surface area contributed by atoms with Crippen LogP contribution in [0.1, 0.15) is 31.0 Å². The molecule has 4 nitrogen and oxygen atoms in total. The van der Waals surface area contributed by atoms with Crippen LogP contribution in [0, 0.1) is 6.92 Å². The minimum Gasteiger partial charge on any atom is -0.496 e. The zero-order valence-electron chi connectivity index (χ0n) is 15.2. The molecule has 25 heavy (non-hydrogen) atoms. The standard InChI is InChI=1S/C20H24ClNO3/c1-13-12-16(21)10-11-18(13)25-15(3)20(23)22(4)14(2)17-8-6-7-9-19(17)24-5/h6-12,14-15H,1-5H3/t14-,15-/m1/s1. The number of methoxy groups -OCH3 is 1. The van der Waals surface area contributed by atoms with Gasteiger partial charge in [0, 0.05) is 17.6 Å². The Morgan fingerprint density at radius 2 is 1.80 bits per heavy atom. The van der Waals surface area contributed by atoms with E-state index in [0.29, 0.717) is 10.8 Å². The molecular formula is C20H24ClNO3. The van der Waals surface area contributed by atoms with E-state index in [2.05, 4.69) is 0 Å². The Morgan fingerprint density at radius 1 is 1.12 bits per heavy atom. The molecule has 0 aliphatic heterocycles. The van der Waals surface area contributed by atoms with Crippen LogP contribution in [0.25, 0.3) is 0 Å². The van der Waals surface area contributed by atoms with Crippen LogP contribution in [-0.2, 0) is 4.79 Å². The van der Waals surface area contributed by atoms with Crippen LogP contribution in [0.15, 0.2) is 42.5 Å². The number of para-hydroxylation sites is 1. The first-order valence-corrected chi connectivity index (χ1v) is 8.55. The molecular weight excluding hydrogens is 338 g/mol. The summed E-state index contributed by atoms with van der Waals surface area (Å²) in [5, 5.41) is 0.644. The van der Waals surface area contributed by atoms with Crippen molar-refractivity contribution in [2.45, 2.75) is 32.9 Å². The Labute approximate surface area is 154 Å². The number of ether oxygens (including phenoxy) is 2. The van der Waals surface area contributed by atoms with E-state index >= 15 is 0 Å². The molecule has 5 heteroatoms. The minimum absolute atomic E-state index is 0.104. The summed E-state index contributed by atoms with van der Waals surface area (Å²) in [5.74, 6) is 1.31. The number of halogens is 1. The fourth-order valence-corrected chi connectivity index (χ4v) is 2.91. The fraction of sp³-hybridized carbons (Fsp3) is 0.350. The number of likely N-dealkylation sites (N-methyl/N-ethyl adjacent to an activating group) is 1. The predicted octanol–water partition coefficient (Wildman–Crippen LogP) is 4.64. The van der Waals surface area contributed by atoms with Crippen LogP contribution in [0.2, 0.25) is 5.02 Å². The van der Waals surface area contributed by atoms with Crippen molar-refractivity contribution in [1.82, 2.24) is 4.90 Å². The number of carbonyl (C=O) groups excluding carboxylic acids is 1. The second kappa shape index (κ2) is 8.26. The highest BCUT2D eigenvalue weighted by molar-refractivity contribution is 6.30. The molecule has 0 N–H and O–H groups in total. The molecule has 2 rings (SSSR count). The molecule has 0 heterocycles. The van der Waals surface area contributed by atoms with Crippen LogP contribution in [-0.4, -0.2) is 31.1 Å². The molecule has 0 aromatic heterocycles. The summed E-state index contributed by atoms with van der Waals surface area (Å²) in [6, 6.07) is 12.9. The van der Waals surface area contributed by atoms with Gasteiger partial charge in [0.15, 0.2) is 6.10 Å². The molecule has 2 aromatic rings. The SMILES string of the molecule is COc1ccccc1[C@@H](C)N(C)C(=O)[C@@H](C)Oc1ccc(Cl)cc1C. The maximum Gasteiger partial charge on any atom is 0.263 e. The molecule has 0 aliphatic rings. The molecule has 0 saturated heterocycles. The largest absolute Gasteiger partial charge is 0.496 e. The molecule has 0 saturated carbocycles. The van der Waals surface area contributed by atoms with Gasteiger partial charge in [0.05, 0.1) is 13.2 Å². The third-order valence-electron chi connectivity index (χ3n) is 4.31. The molecule has 0 radical (unpaired) electrons. The van der Waals surface area contributed by atoms with E-state index < -0.39 is 6.10 Å². The first kappa shape index (κ1) is 19.1. The first-order valence-electron chi connectivity index (χ1n) is 8.17. The quantitative estimate of drug-likeness (QED) is 0.752. The molecule has 0 spiro atoms. The highest BCUT2D eigenvalue weighted by Crippen LogP contribution is 2.29. The number of rotatable bonds is 6. The van der Waals surface area contributed by atoms with Gasteiger partial charge in [-0.1, -0.05) is 29.8 Å². The molecule has 0 bridgehead atoms. The summed E-state index contributed by atoms with van der Waals surface area (Å²) in [5.41, 5.74) is 1.85.